The van der Waals surface area contributed by atoms with E-state index in [2.05, 4.69) is 34.6 Å². The number of nitrogens with one attached hydrogen (secondary N) is 2. The molecule has 2 N–H and O–H groups in total. The van der Waals surface area contributed by atoms with Crippen molar-refractivity contribution in [2.75, 3.05) is 34.4 Å². The van der Waals surface area contributed by atoms with Crippen molar-refractivity contribution in [1.29, 1.82) is 0 Å². The van der Waals surface area contributed by atoms with E-state index in [0.717, 1.165) is 48.8 Å². The van der Waals surface area contributed by atoms with Gasteiger partial charge in [-0.15, -0.1) is 0 Å². The lowest BCUT2D eigenvalue weighted by atomic mass is 9.99. The van der Waals surface area contributed by atoms with Gasteiger partial charge in [-0.1, -0.05) is 25.1 Å². The van der Waals surface area contributed by atoms with Gasteiger partial charge in [-0.25, -0.2) is 4.99 Å². The molecule has 0 aliphatic rings. The molecular weight excluding hydrogens is 396 g/mol. The van der Waals surface area contributed by atoms with E-state index in [9.17, 15) is 0 Å². The first kappa shape index (κ1) is 24.4. The largest absolute Gasteiger partial charge is 0.493 e. The Hall–Kier alpha value is -2.90. The van der Waals surface area contributed by atoms with Crippen molar-refractivity contribution >= 4 is 5.96 Å². The average molecular weight is 433 g/mol. The first-order valence-corrected chi connectivity index (χ1v) is 10.9. The summed E-state index contributed by atoms with van der Waals surface area (Å²) in [5, 5.41) is 10.8. The molecule has 8 heteroatoms. The molecule has 2 rings (SSSR count). The molecule has 8 nitrogen and oxygen atoms in total. The van der Waals surface area contributed by atoms with Crippen LogP contribution >= 0.6 is 0 Å². The molecule has 1 aromatic heterocycles. The maximum atomic E-state index is 5.56. The third-order valence-corrected chi connectivity index (χ3v) is 5.19. The molecule has 0 amide bonds. The summed E-state index contributed by atoms with van der Waals surface area (Å²) in [4.78, 5) is 4.63. The molecule has 2 aromatic rings. The Balaban J connectivity index is 2.01. The molecule has 1 heterocycles. The SMILES string of the molecule is CCNC(=NCc1cc(C(CC)CC)no1)NCCc1ccc(OC)c(OC)c1OC. The Morgan fingerprint density at radius 3 is 2.39 bits per heavy atom. The lowest BCUT2D eigenvalue weighted by Gasteiger charge is -2.16. The first-order valence-electron chi connectivity index (χ1n) is 10.9. The summed E-state index contributed by atoms with van der Waals surface area (Å²) in [6.07, 6.45) is 2.83. The second kappa shape index (κ2) is 12.7. The van der Waals surface area contributed by atoms with Crippen molar-refractivity contribution in [2.24, 2.45) is 4.99 Å². The molecule has 0 saturated heterocycles. The maximum absolute atomic E-state index is 5.56. The highest BCUT2D eigenvalue weighted by Gasteiger charge is 2.16. The molecule has 0 unspecified atom stereocenters. The molecule has 172 valence electrons. The standard InChI is InChI=1S/C23H36N4O4/c1-7-16(8-2)19-14-18(31-27-19)15-26-23(24-9-3)25-13-12-17-10-11-20(28-4)22(30-6)21(17)29-5/h10-11,14,16H,7-9,12-13,15H2,1-6H3,(H2,24,25,26). The molecule has 31 heavy (non-hydrogen) atoms. The molecule has 0 fully saturated rings. The predicted octanol–water partition coefficient (Wildman–Crippen LogP) is 3.90. The number of ether oxygens (including phenoxy) is 3. The van der Waals surface area contributed by atoms with Gasteiger partial charge in [0.25, 0.3) is 0 Å². The van der Waals surface area contributed by atoms with Gasteiger partial charge in [0, 0.05) is 30.6 Å². The predicted molar refractivity (Wildman–Crippen MR) is 122 cm³/mol. The minimum absolute atomic E-state index is 0.433. The zero-order chi connectivity index (χ0) is 22.6. The van der Waals surface area contributed by atoms with E-state index in [1.54, 1.807) is 21.3 Å². The highest BCUT2D eigenvalue weighted by Crippen LogP contribution is 2.39. The topological polar surface area (TPSA) is 90.1 Å². The number of aromatic nitrogens is 1. The number of aliphatic imine (C=N–C) groups is 1. The molecule has 0 atom stereocenters. The number of hydrogen-bond acceptors (Lipinski definition) is 6. The van der Waals surface area contributed by atoms with Crippen molar-refractivity contribution < 1.29 is 18.7 Å². The highest BCUT2D eigenvalue weighted by atomic mass is 16.5. The van der Waals surface area contributed by atoms with Gasteiger partial charge in [-0.3, -0.25) is 0 Å². The van der Waals surface area contributed by atoms with E-state index in [-0.39, 0.29) is 0 Å². The Bertz CT molecular complexity index is 831. The summed E-state index contributed by atoms with van der Waals surface area (Å²) in [6.45, 7) is 8.24. The van der Waals surface area contributed by atoms with E-state index in [0.29, 0.717) is 36.3 Å². The normalized spacial score (nSPS) is 11.5. The summed E-state index contributed by atoms with van der Waals surface area (Å²) in [5.41, 5.74) is 2.03. The molecule has 1 aromatic carbocycles. The second-order valence-electron chi connectivity index (χ2n) is 7.10. The highest BCUT2D eigenvalue weighted by molar-refractivity contribution is 5.79. The summed E-state index contributed by atoms with van der Waals surface area (Å²) in [7, 11) is 4.85. The number of rotatable bonds is 12. The summed E-state index contributed by atoms with van der Waals surface area (Å²) < 4.78 is 21.9. The molecule has 0 saturated carbocycles. The van der Waals surface area contributed by atoms with Crippen molar-refractivity contribution in [1.82, 2.24) is 15.8 Å². The van der Waals surface area contributed by atoms with Crippen LogP contribution in [0.3, 0.4) is 0 Å². The van der Waals surface area contributed by atoms with Crippen LogP contribution in [0, 0.1) is 0 Å². The zero-order valence-corrected chi connectivity index (χ0v) is 19.6. The smallest absolute Gasteiger partial charge is 0.203 e. The molecule has 0 aliphatic carbocycles. The van der Waals surface area contributed by atoms with Gasteiger partial charge in [-0.2, -0.15) is 0 Å². The van der Waals surface area contributed by atoms with Crippen LogP contribution in [0.5, 0.6) is 17.2 Å². The van der Waals surface area contributed by atoms with Gasteiger partial charge in [0.1, 0.15) is 6.54 Å². The van der Waals surface area contributed by atoms with Crippen LogP contribution in [0.1, 0.15) is 56.5 Å². The van der Waals surface area contributed by atoms with E-state index in [1.807, 2.05) is 25.1 Å². The van der Waals surface area contributed by atoms with Gasteiger partial charge >= 0.3 is 0 Å². The number of hydrogen-bond donors (Lipinski definition) is 2. The molecule has 0 aliphatic heterocycles. The van der Waals surface area contributed by atoms with Crippen LogP contribution < -0.4 is 24.8 Å². The van der Waals surface area contributed by atoms with E-state index in [4.69, 9.17) is 18.7 Å². The zero-order valence-electron chi connectivity index (χ0n) is 19.6. The van der Waals surface area contributed by atoms with Crippen LogP contribution in [0.25, 0.3) is 0 Å². The monoisotopic (exact) mass is 432 g/mol. The third kappa shape index (κ3) is 6.54. The van der Waals surface area contributed by atoms with Crippen LogP contribution in [0.2, 0.25) is 0 Å². The summed E-state index contributed by atoms with van der Waals surface area (Å²) in [5.74, 6) is 3.85. The summed E-state index contributed by atoms with van der Waals surface area (Å²) in [6, 6.07) is 5.89. The van der Waals surface area contributed by atoms with Crippen molar-refractivity contribution in [3.05, 3.63) is 35.2 Å². The minimum atomic E-state index is 0.433. The van der Waals surface area contributed by atoms with Crippen LogP contribution in [0.15, 0.2) is 27.7 Å². The minimum Gasteiger partial charge on any atom is -0.493 e. The molecule has 0 bridgehead atoms. The van der Waals surface area contributed by atoms with Crippen molar-refractivity contribution in [3.63, 3.8) is 0 Å². The second-order valence-corrected chi connectivity index (χ2v) is 7.10. The Labute approximate surface area is 185 Å². The summed E-state index contributed by atoms with van der Waals surface area (Å²) >= 11 is 0. The van der Waals surface area contributed by atoms with E-state index >= 15 is 0 Å². The third-order valence-electron chi connectivity index (χ3n) is 5.19. The van der Waals surface area contributed by atoms with Crippen molar-refractivity contribution in [3.8, 4) is 17.2 Å². The van der Waals surface area contributed by atoms with Crippen LogP contribution in [-0.2, 0) is 13.0 Å². The molecule has 0 radical (unpaired) electrons. The van der Waals surface area contributed by atoms with Gasteiger partial charge in [0.2, 0.25) is 5.75 Å². The lowest BCUT2D eigenvalue weighted by Crippen LogP contribution is -2.38. The number of methoxy groups -OCH3 is 3. The first-order chi connectivity index (χ1) is 15.1. The van der Waals surface area contributed by atoms with Gasteiger partial charge in [-0.05, 0) is 32.3 Å². The lowest BCUT2D eigenvalue weighted by molar-refractivity contribution is 0.322. The number of nitrogens with zero attached hydrogens (tertiary/aromatic N) is 2. The van der Waals surface area contributed by atoms with Gasteiger partial charge in [0.15, 0.2) is 23.2 Å². The fraction of sp³-hybridized carbons (Fsp3) is 0.565. The fourth-order valence-corrected chi connectivity index (χ4v) is 3.48. The molecular formula is C23H36N4O4. The van der Waals surface area contributed by atoms with Crippen molar-refractivity contribution in [2.45, 2.75) is 52.5 Å². The fourth-order valence-electron chi connectivity index (χ4n) is 3.48. The Morgan fingerprint density at radius 2 is 1.77 bits per heavy atom. The number of benzene rings is 1. The Morgan fingerprint density at radius 1 is 1.03 bits per heavy atom. The number of guanidine groups is 1. The molecule has 0 spiro atoms. The van der Waals surface area contributed by atoms with E-state index in [1.165, 1.54) is 0 Å². The maximum Gasteiger partial charge on any atom is 0.203 e. The van der Waals surface area contributed by atoms with Crippen LogP contribution in [0.4, 0.5) is 0 Å². The van der Waals surface area contributed by atoms with Gasteiger partial charge in [0.05, 0.1) is 27.0 Å². The average Bonchev–Trinajstić information content (AvgIpc) is 3.26. The van der Waals surface area contributed by atoms with Crippen LogP contribution in [-0.4, -0.2) is 45.5 Å². The quantitative estimate of drug-likeness (QED) is 0.388. The van der Waals surface area contributed by atoms with E-state index < -0.39 is 0 Å². The van der Waals surface area contributed by atoms with Gasteiger partial charge < -0.3 is 29.4 Å². The Kier molecular flexibility index (Phi) is 10.00.